The predicted molar refractivity (Wildman–Crippen MR) is 165 cm³/mol. The van der Waals surface area contributed by atoms with Crippen molar-refractivity contribution in [3.8, 4) is 17.2 Å². The summed E-state index contributed by atoms with van der Waals surface area (Å²) in [4.78, 5) is 30.0. The highest BCUT2D eigenvalue weighted by atomic mass is 16.5. The summed E-state index contributed by atoms with van der Waals surface area (Å²) in [6, 6.07) is 28.3. The van der Waals surface area contributed by atoms with Crippen LogP contribution in [0.2, 0.25) is 0 Å². The molecule has 0 aliphatic carbocycles. The van der Waals surface area contributed by atoms with Crippen LogP contribution in [0.25, 0.3) is 11.5 Å². The van der Waals surface area contributed by atoms with E-state index >= 15 is 0 Å². The summed E-state index contributed by atoms with van der Waals surface area (Å²) in [5.74, 6) is 0.0388. The van der Waals surface area contributed by atoms with Gasteiger partial charge in [-0.25, -0.2) is 9.78 Å². The van der Waals surface area contributed by atoms with Crippen LogP contribution in [0.1, 0.15) is 38.3 Å². The maximum absolute atomic E-state index is 13.2. The number of oxazole rings is 1. The van der Waals surface area contributed by atoms with Gasteiger partial charge in [-0.3, -0.25) is 4.79 Å². The van der Waals surface area contributed by atoms with E-state index in [1.807, 2.05) is 67.6 Å². The van der Waals surface area contributed by atoms with Crippen molar-refractivity contribution in [3.05, 3.63) is 137 Å². The Bertz CT molecular complexity index is 1690. The van der Waals surface area contributed by atoms with Crippen molar-refractivity contribution in [2.75, 3.05) is 11.9 Å². The van der Waals surface area contributed by atoms with E-state index in [4.69, 9.17) is 14.9 Å². The van der Waals surface area contributed by atoms with Gasteiger partial charge in [0.2, 0.25) is 5.89 Å². The summed E-state index contributed by atoms with van der Waals surface area (Å²) in [6.07, 6.45) is 2.44. The van der Waals surface area contributed by atoms with Crippen LogP contribution in [0.3, 0.4) is 0 Å². The van der Waals surface area contributed by atoms with Crippen LogP contribution in [0.4, 0.5) is 5.69 Å². The van der Waals surface area contributed by atoms with Crippen molar-refractivity contribution in [1.29, 1.82) is 0 Å². The summed E-state index contributed by atoms with van der Waals surface area (Å²) in [7, 11) is 0. The first-order chi connectivity index (χ1) is 20.9. The minimum absolute atomic E-state index is 0.200. The number of carboxylic acid groups (broad SMARTS) is 1. The fourth-order valence-corrected chi connectivity index (χ4v) is 4.73. The second-order valence-corrected chi connectivity index (χ2v) is 10.2. The van der Waals surface area contributed by atoms with Crippen LogP contribution >= 0.6 is 0 Å². The second kappa shape index (κ2) is 13.6. The van der Waals surface area contributed by atoms with Gasteiger partial charge in [-0.2, -0.15) is 0 Å². The summed E-state index contributed by atoms with van der Waals surface area (Å²) in [6.45, 7) is 2.82. The smallest absolute Gasteiger partial charge is 0.326 e. The van der Waals surface area contributed by atoms with E-state index in [9.17, 15) is 14.7 Å². The van der Waals surface area contributed by atoms with Crippen molar-refractivity contribution in [1.82, 2.24) is 4.98 Å². The molecule has 0 amide bonds. The van der Waals surface area contributed by atoms with Crippen molar-refractivity contribution >= 4 is 17.4 Å². The van der Waals surface area contributed by atoms with Gasteiger partial charge in [0.1, 0.15) is 18.1 Å². The van der Waals surface area contributed by atoms with Gasteiger partial charge >= 0.3 is 5.97 Å². The van der Waals surface area contributed by atoms with E-state index in [2.05, 4.69) is 10.3 Å². The first-order valence-corrected chi connectivity index (χ1v) is 14.1. The van der Waals surface area contributed by atoms with Crippen molar-refractivity contribution in [3.63, 3.8) is 0 Å². The van der Waals surface area contributed by atoms with Gasteiger partial charge in [-0.1, -0.05) is 66.7 Å². The third-order valence-corrected chi connectivity index (χ3v) is 7.17. The monoisotopic (exact) mass is 575 g/mol. The van der Waals surface area contributed by atoms with E-state index in [1.54, 1.807) is 42.7 Å². The number of aryl methyl sites for hydroxylation is 1. The molecule has 5 aromatic rings. The molecule has 0 spiro atoms. The van der Waals surface area contributed by atoms with Gasteiger partial charge in [-0.15, -0.1) is 0 Å². The van der Waals surface area contributed by atoms with Gasteiger partial charge < -0.3 is 25.3 Å². The van der Waals surface area contributed by atoms with E-state index in [1.165, 1.54) is 0 Å². The number of hydrogen-bond acceptors (Lipinski definition) is 7. The highest BCUT2D eigenvalue weighted by Crippen LogP contribution is 2.24. The molecule has 218 valence electrons. The molecule has 0 saturated carbocycles. The number of carbonyl (C=O) groups excluding carboxylic acids is 1. The molecule has 0 fully saturated rings. The normalized spacial score (nSPS) is 11.6. The highest BCUT2D eigenvalue weighted by molar-refractivity contribution is 6.12. The predicted octanol–water partition coefficient (Wildman–Crippen LogP) is 6.07. The van der Waals surface area contributed by atoms with Crippen LogP contribution in [-0.4, -0.2) is 34.5 Å². The number of aliphatic carboxylic acids is 1. The fraction of sp³-hybridized carbons (Fsp3) is 0.171. The number of benzene rings is 4. The molecule has 43 heavy (non-hydrogen) atoms. The number of nitrogens with zero attached hydrogens (tertiary/aromatic N) is 1. The lowest BCUT2D eigenvalue weighted by Gasteiger charge is -2.18. The molecule has 0 aliphatic rings. The minimum Gasteiger partial charge on any atom is -0.493 e. The number of ketones is 1. The zero-order valence-corrected chi connectivity index (χ0v) is 23.8. The largest absolute Gasteiger partial charge is 0.493 e. The first-order valence-electron chi connectivity index (χ1n) is 14.1. The number of rotatable bonds is 13. The Morgan fingerprint density at radius 1 is 0.930 bits per heavy atom. The topological polar surface area (TPSA) is 128 Å². The number of para-hydroxylation sites is 1. The quantitative estimate of drug-likeness (QED) is 0.144. The van der Waals surface area contributed by atoms with Crippen molar-refractivity contribution < 1.29 is 23.8 Å². The Hall–Kier alpha value is -5.21. The maximum atomic E-state index is 13.2. The van der Waals surface area contributed by atoms with Crippen LogP contribution < -0.4 is 15.8 Å². The molecule has 0 radical (unpaired) electrons. The number of carbonyl (C=O) groups is 2. The Morgan fingerprint density at radius 3 is 2.35 bits per heavy atom. The summed E-state index contributed by atoms with van der Waals surface area (Å²) >= 11 is 0. The lowest BCUT2D eigenvalue weighted by molar-refractivity contribution is -0.137. The van der Waals surface area contributed by atoms with Crippen LogP contribution in [0, 0.1) is 6.92 Å². The Kier molecular flexibility index (Phi) is 9.29. The number of anilines is 1. The highest BCUT2D eigenvalue weighted by Gasteiger charge is 2.21. The Morgan fingerprint density at radius 2 is 1.63 bits per heavy atom. The fourth-order valence-electron chi connectivity index (χ4n) is 4.73. The summed E-state index contributed by atoms with van der Waals surface area (Å²) in [5, 5.41) is 13.0. The molecule has 1 atom stereocenters. The van der Waals surface area contributed by atoms with Crippen molar-refractivity contribution in [2.24, 2.45) is 5.73 Å². The molecule has 1 heterocycles. The molecule has 0 bridgehead atoms. The van der Waals surface area contributed by atoms with Crippen LogP contribution in [0.5, 0.6) is 5.75 Å². The lowest BCUT2D eigenvalue weighted by Crippen LogP contribution is -2.32. The number of ether oxygens (including phenoxy) is 1. The molecule has 1 aromatic heterocycles. The number of hydrogen-bond donors (Lipinski definition) is 3. The molecule has 8 heteroatoms. The van der Waals surface area contributed by atoms with E-state index < -0.39 is 12.0 Å². The zero-order chi connectivity index (χ0) is 30.2. The standard InChI is InChI=1S/C35H33N3O5/c1-23-6-2-3-7-29(23)34-37-27(22-43-34)18-19-42-28-16-12-24(13-17-28)20-32(35(40)41)38-31-9-5-4-8-30(31)33(39)26-14-10-25(21-36)11-15-26/h2-17,22,32,38H,18-21,36H2,1H3,(H,40,41). The van der Waals surface area contributed by atoms with Crippen LogP contribution in [-0.2, 0) is 24.2 Å². The Balaban J connectivity index is 1.18. The van der Waals surface area contributed by atoms with Gasteiger partial charge in [0.25, 0.3) is 0 Å². The van der Waals surface area contributed by atoms with Crippen LogP contribution in [0.15, 0.2) is 108 Å². The number of carboxylic acids is 1. The molecule has 5 rings (SSSR count). The van der Waals surface area contributed by atoms with Gasteiger partial charge in [-0.05, 0) is 53.9 Å². The molecular formula is C35H33N3O5. The number of aromatic nitrogens is 1. The van der Waals surface area contributed by atoms with Gasteiger partial charge in [0.15, 0.2) is 5.78 Å². The lowest BCUT2D eigenvalue weighted by atomic mass is 9.99. The third-order valence-electron chi connectivity index (χ3n) is 7.17. The number of nitrogens with two attached hydrogens (primary N) is 1. The average molecular weight is 576 g/mol. The SMILES string of the molecule is Cc1ccccc1-c1nc(CCOc2ccc(CC(Nc3ccccc3C(=O)c3ccc(CN)cc3)C(=O)O)cc2)co1. The first kappa shape index (κ1) is 29.3. The molecule has 0 aliphatic heterocycles. The molecular weight excluding hydrogens is 542 g/mol. The molecule has 4 N–H and O–H groups in total. The average Bonchev–Trinajstić information content (AvgIpc) is 3.50. The molecule has 4 aromatic carbocycles. The van der Waals surface area contributed by atoms with E-state index in [-0.39, 0.29) is 12.2 Å². The Labute approximate surface area is 250 Å². The van der Waals surface area contributed by atoms with Gasteiger partial charge in [0, 0.05) is 41.8 Å². The van der Waals surface area contributed by atoms with E-state index in [0.29, 0.717) is 48.0 Å². The van der Waals surface area contributed by atoms with E-state index in [0.717, 1.165) is 27.9 Å². The number of nitrogens with one attached hydrogen (secondary N) is 1. The third kappa shape index (κ3) is 7.36. The molecule has 1 unspecified atom stereocenters. The minimum atomic E-state index is -1.02. The second-order valence-electron chi connectivity index (χ2n) is 10.2. The molecule has 8 nitrogen and oxygen atoms in total. The molecule has 0 saturated heterocycles. The summed E-state index contributed by atoms with van der Waals surface area (Å²) in [5.41, 5.74) is 11.6. The van der Waals surface area contributed by atoms with Gasteiger partial charge in [0.05, 0.1) is 12.3 Å². The maximum Gasteiger partial charge on any atom is 0.326 e. The zero-order valence-electron chi connectivity index (χ0n) is 23.8. The summed E-state index contributed by atoms with van der Waals surface area (Å²) < 4.78 is 11.5. The van der Waals surface area contributed by atoms with Crippen molar-refractivity contribution in [2.45, 2.75) is 32.4 Å².